The molecule has 2 aliphatic carbocycles. The highest BCUT2D eigenvalue weighted by Gasteiger charge is 2.52. The van der Waals surface area contributed by atoms with Gasteiger partial charge in [0.1, 0.15) is 12.1 Å². The average Bonchev–Trinajstić information content (AvgIpc) is 3.33. The second-order valence-corrected chi connectivity index (χ2v) is 8.65. The standard InChI is InChI=1S/C24H23N3O6/c28-20-12-19(21(29)30)27(26-20)22(31)24(10-5-11-24)25-23(32)33-13-18-16-8-3-1-6-14(16)15-7-2-4-9-17(15)18/h1-4,6-9,18-19H,5,10-13H2,(H,25,32)(H,26,28)(H,29,30). The van der Waals surface area contributed by atoms with Crippen LogP contribution in [0.25, 0.3) is 11.1 Å². The highest BCUT2D eigenvalue weighted by Crippen LogP contribution is 2.44. The van der Waals surface area contributed by atoms with Crippen molar-refractivity contribution in [2.45, 2.75) is 43.2 Å². The van der Waals surface area contributed by atoms with Crippen molar-refractivity contribution >= 4 is 23.9 Å². The maximum Gasteiger partial charge on any atom is 0.408 e. The van der Waals surface area contributed by atoms with Crippen LogP contribution in [0.3, 0.4) is 0 Å². The fraction of sp³-hybridized carbons (Fsp3) is 0.333. The molecule has 1 heterocycles. The molecule has 33 heavy (non-hydrogen) atoms. The summed E-state index contributed by atoms with van der Waals surface area (Å²) in [6.45, 7) is 0.0995. The largest absolute Gasteiger partial charge is 0.480 e. The third-order valence-electron chi connectivity index (χ3n) is 6.74. The van der Waals surface area contributed by atoms with Gasteiger partial charge in [-0.1, -0.05) is 48.5 Å². The number of carboxylic acid groups (broad SMARTS) is 1. The molecule has 3 aliphatic rings. The van der Waals surface area contributed by atoms with E-state index >= 15 is 0 Å². The molecule has 1 saturated carbocycles. The third-order valence-corrected chi connectivity index (χ3v) is 6.74. The molecule has 2 aromatic rings. The number of alkyl carbamates (subject to hydrolysis) is 1. The number of nitrogens with zero attached hydrogens (tertiary/aromatic N) is 1. The number of carbonyl (C=O) groups is 4. The smallest absolute Gasteiger partial charge is 0.408 e. The number of nitrogens with one attached hydrogen (secondary N) is 2. The second kappa shape index (κ2) is 7.91. The van der Waals surface area contributed by atoms with Crippen molar-refractivity contribution in [2.75, 3.05) is 6.61 Å². The Kier molecular flexibility index (Phi) is 5.03. The minimum absolute atomic E-state index is 0.0995. The Morgan fingerprint density at radius 2 is 1.67 bits per heavy atom. The van der Waals surface area contributed by atoms with Gasteiger partial charge in [-0.05, 0) is 41.5 Å². The molecule has 170 valence electrons. The molecule has 3 amide bonds. The van der Waals surface area contributed by atoms with Crippen molar-refractivity contribution in [3.05, 3.63) is 59.7 Å². The molecule has 2 aromatic carbocycles. The van der Waals surface area contributed by atoms with Gasteiger partial charge in [0.05, 0.1) is 6.42 Å². The van der Waals surface area contributed by atoms with E-state index in [2.05, 4.69) is 10.7 Å². The number of aliphatic carboxylic acids is 1. The molecule has 1 unspecified atom stereocenters. The zero-order valence-corrected chi connectivity index (χ0v) is 17.7. The Labute approximate surface area is 189 Å². The molecule has 3 N–H and O–H groups in total. The topological polar surface area (TPSA) is 125 Å². The summed E-state index contributed by atoms with van der Waals surface area (Å²) >= 11 is 0. The number of carbonyl (C=O) groups excluding carboxylic acids is 3. The maximum atomic E-state index is 13.1. The molecule has 0 aromatic heterocycles. The normalized spacial score (nSPS) is 20.3. The maximum absolute atomic E-state index is 13.1. The molecular weight excluding hydrogens is 426 g/mol. The monoisotopic (exact) mass is 449 g/mol. The highest BCUT2D eigenvalue weighted by molar-refractivity contribution is 5.98. The van der Waals surface area contributed by atoms with E-state index in [-0.39, 0.29) is 18.9 Å². The summed E-state index contributed by atoms with van der Waals surface area (Å²) in [6.07, 6.45) is 0.308. The van der Waals surface area contributed by atoms with E-state index in [1.807, 2.05) is 48.5 Å². The van der Waals surface area contributed by atoms with Crippen LogP contribution in [0.5, 0.6) is 0 Å². The number of hydrogen-bond acceptors (Lipinski definition) is 5. The van der Waals surface area contributed by atoms with Crippen LogP contribution in [0.1, 0.15) is 42.7 Å². The SMILES string of the molecule is O=C1CC(C(=O)O)N(C(=O)C2(NC(=O)OCC3c4ccccc4-c4ccccc43)CCC2)N1. The van der Waals surface area contributed by atoms with Gasteiger partial charge in [0, 0.05) is 5.92 Å². The molecule has 9 heteroatoms. The van der Waals surface area contributed by atoms with Crippen molar-refractivity contribution in [3.63, 3.8) is 0 Å². The fourth-order valence-corrected chi connectivity index (χ4v) is 4.90. The lowest BCUT2D eigenvalue weighted by atomic mass is 9.75. The van der Waals surface area contributed by atoms with Gasteiger partial charge in [-0.3, -0.25) is 15.0 Å². The molecule has 1 atom stereocenters. The fourth-order valence-electron chi connectivity index (χ4n) is 4.90. The predicted octanol–water partition coefficient (Wildman–Crippen LogP) is 2.16. The van der Waals surface area contributed by atoms with Gasteiger partial charge in [-0.25, -0.2) is 14.6 Å². The molecule has 1 saturated heterocycles. The van der Waals surface area contributed by atoms with Crippen LogP contribution in [0.15, 0.2) is 48.5 Å². The Morgan fingerprint density at radius 1 is 1.06 bits per heavy atom. The lowest BCUT2D eigenvalue weighted by Gasteiger charge is -2.42. The van der Waals surface area contributed by atoms with Crippen LogP contribution in [-0.4, -0.2) is 52.2 Å². The van der Waals surface area contributed by atoms with E-state index in [0.717, 1.165) is 27.3 Å². The van der Waals surface area contributed by atoms with E-state index in [0.29, 0.717) is 19.3 Å². The minimum Gasteiger partial charge on any atom is -0.480 e. The van der Waals surface area contributed by atoms with Gasteiger partial charge in [0.15, 0.2) is 6.04 Å². The minimum atomic E-state index is -1.30. The quantitative estimate of drug-likeness (QED) is 0.643. The molecular formula is C24H23N3O6. The zero-order valence-electron chi connectivity index (χ0n) is 17.7. The molecule has 2 fully saturated rings. The number of hydrazine groups is 1. The van der Waals surface area contributed by atoms with Crippen LogP contribution < -0.4 is 10.7 Å². The summed E-state index contributed by atoms with van der Waals surface area (Å²) in [5, 5.41) is 12.8. The van der Waals surface area contributed by atoms with E-state index in [4.69, 9.17) is 4.74 Å². The van der Waals surface area contributed by atoms with Gasteiger partial charge in [-0.15, -0.1) is 0 Å². The number of ether oxygens (including phenoxy) is 1. The van der Waals surface area contributed by atoms with Crippen molar-refractivity contribution in [1.29, 1.82) is 0 Å². The summed E-state index contributed by atoms with van der Waals surface area (Å²) in [4.78, 5) is 49.0. The molecule has 1 aliphatic heterocycles. The lowest BCUT2D eigenvalue weighted by molar-refractivity contribution is -0.156. The number of hydrogen-bond donors (Lipinski definition) is 3. The van der Waals surface area contributed by atoms with Crippen LogP contribution in [0.4, 0.5) is 4.79 Å². The molecule has 0 bridgehead atoms. The van der Waals surface area contributed by atoms with Crippen LogP contribution >= 0.6 is 0 Å². The first-order valence-corrected chi connectivity index (χ1v) is 10.9. The van der Waals surface area contributed by atoms with Gasteiger partial charge in [0.2, 0.25) is 5.91 Å². The third kappa shape index (κ3) is 3.49. The van der Waals surface area contributed by atoms with Gasteiger partial charge >= 0.3 is 12.1 Å². The van der Waals surface area contributed by atoms with Crippen molar-refractivity contribution < 1.29 is 29.0 Å². The molecule has 0 spiro atoms. The highest BCUT2D eigenvalue weighted by atomic mass is 16.5. The van der Waals surface area contributed by atoms with Crippen molar-refractivity contribution in [3.8, 4) is 11.1 Å². The first kappa shape index (κ1) is 21.0. The van der Waals surface area contributed by atoms with Crippen LogP contribution in [-0.2, 0) is 19.1 Å². The molecule has 5 rings (SSSR count). The van der Waals surface area contributed by atoms with Crippen LogP contribution in [0.2, 0.25) is 0 Å². The van der Waals surface area contributed by atoms with E-state index in [1.165, 1.54) is 0 Å². The lowest BCUT2D eigenvalue weighted by Crippen LogP contribution is -2.66. The number of carboxylic acids is 1. The average molecular weight is 449 g/mol. The summed E-state index contributed by atoms with van der Waals surface area (Å²) in [5.41, 5.74) is 5.38. The van der Waals surface area contributed by atoms with E-state index in [1.54, 1.807) is 0 Å². The first-order valence-electron chi connectivity index (χ1n) is 10.9. The molecule has 0 radical (unpaired) electrons. The summed E-state index contributed by atoms with van der Waals surface area (Å²) in [5.74, 6) is -2.59. The van der Waals surface area contributed by atoms with Gasteiger partial charge in [0.25, 0.3) is 5.91 Å². The van der Waals surface area contributed by atoms with Crippen molar-refractivity contribution in [2.24, 2.45) is 0 Å². The van der Waals surface area contributed by atoms with E-state index in [9.17, 15) is 24.3 Å². The molecule has 9 nitrogen and oxygen atoms in total. The second-order valence-electron chi connectivity index (χ2n) is 8.65. The zero-order chi connectivity index (χ0) is 23.2. The Balaban J connectivity index is 1.29. The van der Waals surface area contributed by atoms with Crippen LogP contribution in [0, 0.1) is 0 Å². The van der Waals surface area contributed by atoms with Gasteiger partial charge < -0.3 is 15.2 Å². The number of rotatable bonds is 5. The Hall–Kier alpha value is -3.88. The number of fused-ring (bicyclic) bond motifs is 3. The summed E-state index contributed by atoms with van der Waals surface area (Å²) in [7, 11) is 0. The predicted molar refractivity (Wildman–Crippen MR) is 116 cm³/mol. The van der Waals surface area contributed by atoms with Gasteiger partial charge in [-0.2, -0.15) is 0 Å². The van der Waals surface area contributed by atoms with E-state index < -0.39 is 35.5 Å². The summed E-state index contributed by atoms with van der Waals surface area (Å²) < 4.78 is 5.55. The number of amides is 3. The first-order chi connectivity index (χ1) is 15.9. The Bertz CT molecular complexity index is 1110. The Morgan fingerprint density at radius 3 is 2.21 bits per heavy atom. The summed E-state index contributed by atoms with van der Waals surface area (Å²) in [6, 6.07) is 14.6. The number of benzene rings is 2. The van der Waals surface area contributed by atoms with Crippen molar-refractivity contribution in [1.82, 2.24) is 15.8 Å².